The second-order valence-electron chi connectivity index (χ2n) is 0.575. The largest absolute Gasteiger partial charge is 0.303 e. The van der Waals surface area contributed by atoms with E-state index < -0.39 is 0 Å². The van der Waals surface area contributed by atoms with Gasteiger partial charge in [-0.1, -0.05) is 6.92 Å². The van der Waals surface area contributed by atoms with E-state index in [1.165, 1.54) is 0 Å². The first-order valence-corrected chi connectivity index (χ1v) is 1.35. The van der Waals surface area contributed by atoms with Gasteiger partial charge in [-0.25, -0.2) is 0 Å². The molecule has 0 aliphatic rings. The maximum Gasteiger partial charge on any atom is 0.119 e. The summed E-state index contributed by atoms with van der Waals surface area (Å²) in [4.78, 5) is 9.17. The van der Waals surface area contributed by atoms with Crippen molar-refractivity contribution in [3.05, 3.63) is 0 Å². The van der Waals surface area contributed by atoms with Crippen LogP contribution in [0.15, 0.2) is 0 Å². The predicted molar refractivity (Wildman–Crippen MR) is 17.5 cm³/mol. The summed E-state index contributed by atoms with van der Waals surface area (Å²) in [5.74, 6) is 0. The molecule has 4 heavy (non-hydrogen) atoms. The molecule has 0 saturated carbocycles. The van der Waals surface area contributed by atoms with Crippen LogP contribution < -0.4 is 0 Å². The molecule has 0 N–H and O–H groups in total. The number of carbonyl (C=O) groups is 1. The fraction of sp³-hybridized carbons (Fsp3) is 0.667. The van der Waals surface area contributed by atoms with Crippen molar-refractivity contribution in [1.82, 2.24) is 0 Å². The Morgan fingerprint density at radius 1 is 2.25 bits per heavy atom. The Labute approximate surface area is 27.1 Å². The quantitative estimate of drug-likeness (QED) is 0.407. The molecule has 0 unspecified atom stereocenters. The third kappa shape index (κ3) is 1.67. The van der Waals surface area contributed by atoms with Crippen molar-refractivity contribution in [2.45, 2.75) is 13.3 Å². The van der Waals surface area contributed by atoms with Gasteiger partial charge in [0.1, 0.15) is 6.29 Å². The normalized spacial score (nSPS) is 6.25. The summed E-state index contributed by atoms with van der Waals surface area (Å²) < 4.78 is 0. The Bertz CT molecular complexity index is 20.9. The van der Waals surface area contributed by atoms with Crippen LogP contribution in [0.2, 0.25) is 0 Å². The lowest BCUT2D eigenvalue weighted by Gasteiger charge is -1.51. The van der Waals surface area contributed by atoms with Gasteiger partial charge in [-0.2, -0.15) is 0 Å². The Hall–Kier alpha value is -0.330. The summed E-state index contributed by atoms with van der Waals surface area (Å²) in [5.41, 5.74) is 0. The summed E-state index contributed by atoms with van der Waals surface area (Å²) >= 11 is 0. The maximum absolute atomic E-state index is 9.17. The van der Waals surface area contributed by atoms with Gasteiger partial charge in [0.15, 0.2) is 0 Å². The van der Waals surface area contributed by atoms with E-state index in [9.17, 15) is 4.79 Å². The van der Waals surface area contributed by atoms with Crippen LogP contribution in [0.1, 0.15) is 14.8 Å². The second kappa shape index (κ2) is 2.67. The number of rotatable bonds is 1. The van der Waals surface area contributed by atoms with Crippen LogP contribution in [0.3, 0.4) is 0 Å². The molecular formula is C3H7O. The van der Waals surface area contributed by atoms with Crippen LogP contribution in [-0.2, 0) is 4.79 Å². The van der Waals surface area contributed by atoms with E-state index in [1.807, 2.05) is 6.92 Å². The zero-order valence-corrected chi connectivity index (χ0v) is 2.69. The van der Waals surface area contributed by atoms with Crippen LogP contribution in [0, 0.1) is 0 Å². The van der Waals surface area contributed by atoms with E-state index in [1.54, 1.807) is 0 Å². The van der Waals surface area contributed by atoms with Crippen LogP contribution in [0.25, 0.3) is 0 Å². The third-order valence-electron chi connectivity index (χ3n) is 0.167. The van der Waals surface area contributed by atoms with Gasteiger partial charge in [0.2, 0.25) is 0 Å². The van der Waals surface area contributed by atoms with Gasteiger partial charge in [0, 0.05) is 7.85 Å². The first-order valence-electron chi connectivity index (χ1n) is 1.35. The first-order chi connectivity index (χ1) is 1.91. The maximum atomic E-state index is 9.17. The third-order valence-corrected chi connectivity index (χ3v) is 0.167. The highest BCUT2D eigenvalue weighted by Gasteiger charge is 1.52. The fourth-order valence-electron chi connectivity index (χ4n) is 0. The molecule has 0 aromatic carbocycles. The Morgan fingerprint density at radius 2 is 2.50 bits per heavy atom. The molecule has 0 spiro atoms. The van der Waals surface area contributed by atoms with Crippen molar-refractivity contribution in [1.29, 1.82) is 0 Å². The number of carbonyl (C=O) groups excluding carboxylic acids is 1. The van der Waals surface area contributed by atoms with E-state index in [2.05, 4.69) is 0 Å². The summed E-state index contributed by atoms with van der Waals surface area (Å²) in [6.07, 6.45) is 1.51. The highest BCUT2D eigenvalue weighted by atomic mass is 16.1. The van der Waals surface area contributed by atoms with Crippen molar-refractivity contribution in [2.24, 2.45) is 0 Å². The molecule has 0 aromatic heterocycles. The van der Waals surface area contributed by atoms with E-state index in [0.717, 1.165) is 6.29 Å². The van der Waals surface area contributed by atoms with Crippen molar-refractivity contribution in [2.75, 3.05) is 0 Å². The minimum atomic E-state index is 0. The van der Waals surface area contributed by atoms with Gasteiger partial charge in [-0.05, 0) is 0 Å². The zero-order chi connectivity index (χ0) is 3.41. The lowest BCUT2D eigenvalue weighted by Crippen LogP contribution is -1.55. The Morgan fingerprint density at radius 3 is 2.50 bits per heavy atom. The van der Waals surface area contributed by atoms with Gasteiger partial charge < -0.3 is 4.79 Å². The highest BCUT2D eigenvalue weighted by molar-refractivity contribution is 5.48. The topological polar surface area (TPSA) is 17.1 Å². The molecule has 0 heterocycles. The Balaban J connectivity index is 0. The highest BCUT2D eigenvalue weighted by Crippen LogP contribution is 1.53. The van der Waals surface area contributed by atoms with Gasteiger partial charge in [0.05, 0.1) is 0 Å². The molecule has 0 aliphatic carbocycles. The first kappa shape index (κ1) is 3.67. The Kier molecular flexibility index (Phi) is 2.45. The second-order valence-corrected chi connectivity index (χ2v) is 0.575. The van der Waals surface area contributed by atoms with Crippen molar-refractivity contribution < 1.29 is 6.22 Å². The number of hydrogen-bond acceptors (Lipinski definition) is 1. The molecule has 0 bridgehead atoms. The molecule has 0 atom stereocenters. The summed E-state index contributed by atoms with van der Waals surface area (Å²) in [5, 5.41) is 0. The number of aldehydes is 1. The fourth-order valence-corrected chi connectivity index (χ4v) is 0. The average molecular weight is 60.1 g/mol. The van der Waals surface area contributed by atoms with Crippen molar-refractivity contribution in [3.63, 3.8) is 0 Å². The minimum Gasteiger partial charge on any atom is -0.303 e. The van der Waals surface area contributed by atoms with Gasteiger partial charge >= 0.3 is 0 Å². The van der Waals surface area contributed by atoms with Crippen LogP contribution in [-0.4, -0.2) is 6.29 Å². The molecule has 1 heteroatoms. The molecule has 0 amide bonds. The molecule has 1 nitrogen and oxygen atoms in total. The van der Waals surface area contributed by atoms with Crippen LogP contribution >= 0.6 is 0 Å². The minimum absolute atomic E-state index is 0. The van der Waals surface area contributed by atoms with Gasteiger partial charge in [0.25, 0.3) is 0 Å². The van der Waals surface area contributed by atoms with Gasteiger partial charge in [-0.3, -0.25) is 0 Å². The standard InChI is InChI=1S/C3H6O.H/c1-2-3-4;/h3H,2H2,1H3;/i;1+1. The smallest absolute Gasteiger partial charge is 0.119 e. The summed E-state index contributed by atoms with van der Waals surface area (Å²) in [6.45, 7) is 1.81. The van der Waals surface area contributed by atoms with Crippen LogP contribution in [0.4, 0.5) is 0 Å². The average Bonchev–Trinajstić information content (AvgIpc) is 1.37. The van der Waals surface area contributed by atoms with E-state index in [0.29, 0.717) is 6.42 Å². The predicted octanol–water partition coefficient (Wildman–Crippen LogP) is 0.708. The van der Waals surface area contributed by atoms with E-state index >= 15 is 0 Å². The zero-order valence-electron chi connectivity index (χ0n) is 3.69. The monoisotopic (exact) mass is 60.1 g/mol. The van der Waals surface area contributed by atoms with E-state index in [4.69, 9.17) is 0 Å². The molecule has 0 aromatic rings. The van der Waals surface area contributed by atoms with Crippen molar-refractivity contribution in [3.8, 4) is 0 Å². The molecule has 0 aliphatic heterocycles. The summed E-state index contributed by atoms with van der Waals surface area (Å²) in [6, 6.07) is 0. The lowest BCUT2D eigenvalue weighted by molar-refractivity contribution is -0.107. The van der Waals surface area contributed by atoms with E-state index in [-0.39, 0.29) is 1.43 Å². The molecule has 0 saturated heterocycles. The summed E-state index contributed by atoms with van der Waals surface area (Å²) in [7, 11) is 0. The van der Waals surface area contributed by atoms with Crippen LogP contribution in [0.5, 0.6) is 0 Å². The lowest BCUT2D eigenvalue weighted by atomic mass is 10.6. The molecule has 1 radical (unpaired) electrons. The molecule has 25 valence electrons. The van der Waals surface area contributed by atoms with Gasteiger partial charge in [-0.15, -0.1) is 0 Å². The molecule has 0 fully saturated rings. The molecular weight excluding hydrogens is 52.0 g/mol. The SMILES string of the molecule is CCC=O.[2H]. The van der Waals surface area contributed by atoms with Crippen molar-refractivity contribution >= 4 is 6.29 Å². The number of hydrogen-bond donors (Lipinski definition) is 0. The molecule has 0 rings (SSSR count).